The van der Waals surface area contributed by atoms with E-state index < -0.39 is 5.60 Å². The summed E-state index contributed by atoms with van der Waals surface area (Å²) >= 11 is 6.19. The van der Waals surface area contributed by atoms with E-state index in [0.29, 0.717) is 30.9 Å². The Hall–Kier alpha value is -2.19. The third kappa shape index (κ3) is 3.46. The summed E-state index contributed by atoms with van der Waals surface area (Å²) < 4.78 is 25.0. The van der Waals surface area contributed by atoms with Crippen molar-refractivity contribution in [2.45, 2.75) is 18.9 Å². The zero-order valence-corrected chi connectivity index (χ0v) is 17.8. The number of fused-ring (bicyclic) bond motifs is 1. The summed E-state index contributed by atoms with van der Waals surface area (Å²) in [6.45, 7) is 5.26. The van der Waals surface area contributed by atoms with E-state index >= 15 is 0 Å². The summed E-state index contributed by atoms with van der Waals surface area (Å²) in [5.41, 5.74) is 2.27. The quantitative estimate of drug-likeness (QED) is 0.557. The smallest absolute Gasteiger partial charge is 0.141 e. The molecule has 0 aliphatic carbocycles. The van der Waals surface area contributed by atoms with E-state index in [4.69, 9.17) is 35.5 Å². The molecule has 0 bridgehead atoms. The maximum Gasteiger partial charge on any atom is 0.141 e. The van der Waals surface area contributed by atoms with Gasteiger partial charge in [-0.25, -0.2) is 9.97 Å². The number of rotatable bonds is 6. The highest BCUT2D eigenvalue weighted by Crippen LogP contribution is 2.36. The number of halogens is 1. The zero-order chi connectivity index (χ0) is 20.7. The first-order valence-electron chi connectivity index (χ1n) is 10.1. The molecule has 3 aromatic rings. The third-order valence-electron chi connectivity index (χ3n) is 5.92. The minimum atomic E-state index is -0.578. The van der Waals surface area contributed by atoms with Crippen molar-refractivity contribution in [3.63, 3.8) is 0 Å². The Morgan fingerprint density at radius 1 is 1.27 bits per heavy atom. The van der Waals surface area contributed by atoms with Gasteiger partial charge in [0.2, 0.25) is 0 Å². The Balaban J connectivity index is 1.62. The number of hydrogen-bond donors (Lipinski definition) is 0. The Morgan fingerprint density at radius 3 is 2.83 bits per heavy atom. The molecule has 2 aliphatic heterocycles. The molecule has 5 rings (SSSR count). The maximum absolute atomic E-state index is 6.19. The summed E-state index contributed by atoms with van der Waals surface area (Å²) in [5, 5.41) is 1.48. The summed E-state index contributed by atoms with van der Waals surface area (Å²) in [4.78, 5) is 9.19. The van der Waals surface area contributed by atoms with E-state index in [1.54, 1.807) is 13.3 Å². The molecule has 0 radical (unpaired) electrons. The fourth-order valence-electron chi connectivity index (χ4n) is 3.99. The van der Waals surface area contributed by atoms with Gasteiger partial charge in [0.25, 0.3) is 0 Å². The fraction of sp³-hybridized carbons (Fsp3) is 0.455. The second-order valence-electron chi connectivity index (χ2n) is 7.97. The topological polar surface area (TPSA) is 67.6 Å². The number of methoxy groups -OCH3 is 1. The molecule has 1 atom stereocenters. The van der Waals surface area contributed by atoms with Crippen LogP contribution in [0.5, 0.6) is 5.75 Å². The van der Waals surface area contributed by atoms with Crippen LogP contribution < -0.4 is 4.74 Å². The molecule has 0 amide bonds. The monoisotopic (exact) mass is 429 g/mol. The van der Waals surface area contributed by atoms with Gasteiger partial charge in [-0.1, -0.05) is 11.6 Å². The third-order valence-corrected chi connectivity index (χ3v) is 6.13. The average molecular weight is 430 g/mol. The molecule has 0 aromatic carbocycles. The SMILES string of the molecule is CO[C@]1(c2cc(OCC3COC3)cc(-n3cc(C)c4cnc(Cl)cc43)n2)CCOC1. The van der Waals surface area contributed by atoms with E-state index in [2.05, 4.69) is 4.98 Å². The van der Waals surface area contributed by atoms with Gasteiger partial charge in [0.15, 0.2) is 0 Å². The van der Waals surface area contributed by atoms with Gasteiger partial charge in [-0.05, 0) is 12.5 Å². The minimum absolute atomic E-state index is 0.427. The van der Waals surface area contributed by atoms with Crippen LogP contribution in [-0.2, 0) is 19.8 Å². The first kappa shape index (κ1) is 19.8. The predicted octanol–water partition coefficient (Wildman–Crippen LogP) is 3.67. The number of aromatic nitrogens is 3. The molecule has 0 N–H and O–H groups in total. The molecule has 8 heteroatoms. The highest BCUT2D eigenvalue weighted by atomic mass is 35.5. The van der Waals surface area contributed by atoms with Crippen LogP contribution in [0.25, 0.3) is 16.7 Å². The van der Waals surface area contributed by atoms with Crippen molar-refractivity contribution in [1.29, 1.82) is 0 Å². The maximum atomic E-state index is 6.19. The van der Waals surface area contributed by atoms with Crippen LogP contribution in [0.15, 0.2) is 30.6 Å². The molecule has 2 fully saturated rings. The van der Waals surface area contributed by atoms with Crippen molar-refractivity contribution in [3.05, 3.63) is 47.0 Å². The molecule has 0 unspecified atom stereocenters. The normalized spacial score (nSPS) is 21.8. The molecule has 7 nitrogen and oxygen atoms in total. The lowest BCUT2D eigenvalue weighted by atomic mass is 9.97. The van der Waals surface area contributed by atoms with E-state index in [0.717, 1.165) is 53.4 Å². The van der Waals surface area contributed by atoms with Gasteiger partial charge in [0.05, 0.1) is 37.6 Å². The van der Waals surface area contributed by atoms with Crippen LogP contribution in [0.2, 0.25) is 5.15 Å². The molecule has 2 saturated heterocycles. The molecule has 0 spiro atoms. The van der Waals surface area contributed by atoms with Gasteiger partial charge in [-0.3, -0.25) is 0 Å². The van der Waals surface area contributed by atoms with Gasteiger partial charge in [-0.15, -0.1) is 0 Å². The predicted molar refractivity (Wildman–Crippen MR) is 113 cm³/mol. The van der Waals surface area contributed by atoms with E-state index in [-0.39, 0.29) is 0 Å². The molecular formula is C22H24ClN3O4. The van der Waals surface area contributed by atoms with Crippen molar-refractivity contribution in [2.75, 3.05) is 40.1 Å². The van der Waals surface area contributed by atoms with Gasteiger partial charge in [-0.2, -0.15) is 0 Å². The van der Waals surface area contributed by atoms with Gasteiger partial charge in [0, 0.05) is 62.0 Å². The van der Waals surface area contributed by atoms with Crippen molar-refractivity contribution in [1.82, 2.24) is 14.5 Å². The molecule has 30 heavy (non-hydrogen) atoms. The average Bonchev–Trinajstić information content (AvgIpc) is 3.32. The molecule has 158 valence electrons. The largest absolute Gasteiger partial charge is 0.493 e. The standard InChI is InChI=1S/C22H24ClN3O4/c1-14-9-26(18-7-20(23)24-8-17(14)18)21-6-16(30-12-15-10-29-11-15)5-19(25-21)22(27-2)3-4-28-13-22/h5-9,15H,3-4,10-13H2,1-2H3/t22-/m1/s1. The second-order valence-corrected chi connectivity index (χ2v) is 8.36. The van der Waals surface area contributed by atoms with Crippen molar-refractivity contribution in [3.8, 4) is 11.6 Å². The highest BCUT2D eigenvalue weighted by molar-refractivity contribution is 6.30. The van der Waals surface area contributed by atoms with Crippen LogP contribution in [0, 0.1) is 12.8 Å². The number of aryl methyl sites for hydroxylation is 1. The molecule has 2 aliphatic rings. The van der Waals surface area contributed by atoms with Gasteiger partial charge >= 0.3 is 0 Å². The minimum Gasteiger partial charge on any atom is -0.493 e. The molecule has 5 heterocycles. The van der Waals surface area contributed by atoms with Crippen LogP contribution in [0.4, 0.5) is 0 Å². The van der Waals surface area contributed by atoms with Crippen LogP contribution in [0.3, 0.4) is 0 Å². The van der Waals surface area contributed by atoms with Gasteiger partial charge in [0.1, 0.15) is 22.3 Å². The van der Waals surface area contributed by atoms with Gasteiger partial charge < -0.3 is 23.5 Å². The van der Waals surface area contributed by atoms with E-state index in [1.807, 2.05) is 35.9 Å². The fourth-order valence-corrected chi connectivity index (χ4v) is 4.14. The second kappa shape index (κ2) is 7.81. The number of hydrogen-bond acceptors (Lipinski definition) is 6. The molecular weight excluding hydrogens is 406 g/mol. The highest BCUT2D eigenvalue weighted by Gasteiger charge is 2.39. The summed E-state index contributed by atoms with van der Waals surface area (Å²) in [6.07, 6.45) is 4.59. The lowest BCUT2D eigenvalue weighted by Gasteiger charge is -2.28. The van der Waals surface area contributed by atoms with Crippen LogP contribution >= 0.6 is 11.6 Å². The van der Waals surface area contributed by atoms with E-state index in [1.165, 1.54) is 0 Å². The molecule has 3 aromatic heterocycles. The van der Waals surface area contributed by atoms with Crippen molar-refractivity contribution < 1.29 is 18.9 Å². The number of ether oxygens (including phenoxy) is 4. The van der Waals surface area contributed by atoms with Crippen molar-refractivity contribution in [2.24, 2.45) is 5.92 Å². The van der Waals surface area contributed by atoms with Crippen LogP contribution in [-0.4, -0.2) is 54.7 Å². The lowest BCUT2D eigenvalue weighted by molar-refractivity contribution is -0.0510. The first-order valence-corrected chi connectivity index (χ1v) is 10.5. The van der Waals surface area contributed by atoms with Crippen LogP contribution in [0.1, 0.15) is 17.7 Å². The van der Waals surface area contributed by atoms with Crippen molar-refractivity contribution >= 4 is 22.5 Å². The number of nitrogens with zero attached hydrogens (tertiary/aromatic N) is 3. The summed E-state index contributed by atoms with van der Waals surface area (Å²) in [6, 6.07) is 5.78. The lowest BCUT2D eigenvalue weighted by Crippen LogP contribution is -2.33. The Kier molecular flexibility index (Phi) is 5.14. The summed E-state index contributed by atoms with van der Waals surface area (Å²) in [5.74, 6) is 1.93. The zero-order valence-electron chi connectivity index (χ0n) is 17.1. The Labute approximate surface area is 179 Å². The Morgan fingerprint density at radius 2 is 2.13 bits per heavy atom. The molecule has 0 saturated carbocycles. The summed E-state index contributed by atoms with van der Waals surface area (Å²) in [7, 11) is 1.70. The Bertz CT molecular complexity index is 1070. The first-order chi connectivity index (χ1) is 14.6. The number of pyridine rings is 2. The van der Waals surface area contributed by atoms with E-state index in [9.17, 15) is 0 Å².